The number of alkyl halides is 3. The van der Waals surface area contributed by atoms with Crippen LogP contribution in [-0.4, -0.2) is 31.1 Å². The molecule has 1 aromatic rings. The van der Waals surface area contributed by atoms with E-state index in [1.165, 1.54) is 6.07 Å². The highest BCUT2D eigenvalue weighted by Crippen LogP contribution is 2.41. The van der Waals surface area contributed by atoms with Crippen molar-refractivity contribution in [3.8, 4) is 0 Å². The fraction of sp³-hybridized carbons (Fsp3) is 0.538. The fourth-order valence-electron chi connectivity index (χ4n) is 3.00. The van der Waals surface area contributed by atoms with Crippen LogP contribution in [-0.2, 0) is 17.5 Å². The van der Waals surface area contributed by atoms with Gasteiger partial charge in [-0.3, -0.25) is 0 Å². The van der Waals surface area contributed by atoms with Gasteiger partial charge in [0.25, 0.3) is 0 Å². The van der Waals surface area contributed by atoms with Crippen LogP contribution in [0.1, 0.15) is 22.6 Å². The van der Waals surface area contributed by atoms with Gasteiger partial charge in [-0.25, -0.2) is 0 Å². The van der Waals surface area contributed by atoms with Gasteiger partial charge in [-0.1, -0.05) is 12.1 Å². The monoisotopic (exact) mass is 293 g/mol. The molecule has 2 heterocycles. The smallest absolute Gasteiger partial charge is 0.371 e. The quantitative estimate of drug-likeness (QED) is 0.729. The molecule has 1 saturated heterocycles. The predicted molar refractivity (Wildman–Crippen MR) is 67.5 cm³/mol. The zero-order chi connectivity index (χ0) is 12.9. The molecule has 0 saturated carbocycles. The molecule has 0 radical (unpaired) electrons. The highest BCUT2D eigenvalue weighted by molar-refractivity contribution is 5.85. The van der Waals surface area contributed by atoms with E-state index in [0.717, 1.165) is 24.7 Å². The Morgan fingerprint density at radius 3 is 2.68 bits per heavy atom. The van der Waals surface area contributed by atoms with E-state index in [2.05, 4.69) is 4.90 Å². The maximum atomic E-state index is 12.9. The molecule has 2 atom stereocenters. The first-order valence-electron chi connectivity index (χ1n) is 5.96. The van der Waals surface area contributed by atoms with Gasteiger partial charge in [0, 0.05) is 19.0 Å². The Morgan fingerprint density at radius 1 is 1.26 bits per heavy atom. The average Bonchev–Trinajstić information content (AvgIpc) is 2.67. The minimum atomic E-state index is -4.30. The molecule has 106 valence electrons. The van der Waals surface area contributed by atoms with Crippen LogP contribution >= 0.6 is 12.4 Å². The van der Waals surface area contributed by atoms with Gasteiger partial charge in [0.2, 0.25) is 0 Å². The summed E-state index contributed by atoms with van der Waals surface area (Å²) in [6.07, 6.45) is -4.27. The Bertz CT molecular complexity index is 477. The Labute approximate surface area is 115 Å². The van der Waals surface area contributed by atoms with E-state index in [-0.39, 0.29) is 31.0 Å². The third-order valence-corrected chi connectivity index (χ3v) is 3.81. The molecule has 0 aliphatic carbocycles. The largest absolute Gasteiger partial charge is 0.416 e. The average molecular weight is 294 g/mol. The summed E-state index contributed by atoms with van der Waals surface area (Å²) < 4.78 is 44.4. The van der Waals surface area contributed by atoms with Crippen LogP contribution in [0.5, 0.6) is 0 Å². The van der Waals surface area contributed by atoms with Crippen LogP contribution in [0.3, 0.4) is 0 Å². The molecule has 3 rings (SSSR count). The number of likely N-dealkylation sites (tertiary alicyclic amines) is 1. The van der Waals surface area contributed by atoms with Crippen LogP contribution in [0.25, 0.3) is 0 Å². The third kappa shape index (κ3) is 2.47. The molecule has 1 fully saturated rings. The summed E-state index contributed by atoms with van der Waals surface area (Å²) >= 11 is 0. The number of benzene rings is 1. The molecule has 0 bridgehead atoms. The number of hydrogen-bond donors (Lipinski definition) is 0. The summed E-state index contributed by atoms with van der Waals surface area (Å²) in [6.45, 7) is 1.62. The van der Waals surface area contributed by atoms with E-state index >= 15 is 0 Å². The standard InChI is InChI=1S/C13H14F3NO.ClH/c1-17-5-9-8-3-2-4-11(13(14,15)16)10(8)7-18-12(9)6-17;/h2-4,9,12H,5-7H2,1H3;1H. The molecule has 2 nitrogen and oxygen atoms in total. The molecule has 2 unspecified atom stereocenters. The molecular weight excluding hydrogens is 279 g/mol. The molecular formula is C13H15ClF3NO. The second kappa shape index (κ2) is 4.96. The van der Waals surface area contributed by atoms with Crippen molar-refractivity contribution in [1.82, 2.24) is 4.90 Å². The van der Waals surface area contributed by atoms with E-state index in [1.54, 1.807) is 0 Å². The van der Waals surface area contributed by atoms with Crippen molar-refractivity contribution in [1.29, 1.82) is 0 Å². The molecule has 0 N–H and O–H groups in total. The minimum absolute atomic E-state index is 0. The van der Waals surface area contributed by atoms with Crippen molar-refractivity contribution < 1.29 is 17.9 Å². The van der Waals surface area contributed by atoms with Crippen molar-refractivity contribution in [2.75, 3.05) is 20.1 Å². The molecule has 1 aromatic carbocycles. The summed E-state index contributed by atoms with van der Waals surface area (Å²) in [4.78, 5) is 2.10. The Balaban J connectivity index is 0.00000133. The van der Waals surface area contributed by atoms with E-state index in [9.17, 15) is 13.2 Å². The lowest BCUT2D eigenvalue weighted by Gasteiger charge is -2.29. The van der Waals surface area contributed by atoms with Crippen LogP contribution in [0, 0.1) is 0 Å². The first kappa shape index (κ1) is 14.6. The zero-order valence-corrected chi connectivity index (χ0v) is 11.2. The van der Waals surface area contributed by atoms with Crippen LogP contribution in [0.4, 0.5) is 13.2 Å². The van der Waals surface area contributed by atoms with E-state index in [4.69, 9.17) is 4.74 Å². The third-order valence-electron chi connectivity index (χ3n) is 3.81. The van der Waals surface area contributed by atoms with Crippen molar-refractivity contribution in [3.63, 3.8) is 0 Å². The van der Waals surface area contributed by atoms with Gasteiger partial charge >= 0.3 is 6.18 Å². The van der Waals surface area contributed by atoms with Crippen molar-refractivity contribution in [2.45, 2.75) is 24.8 Å². The minimum Gasteiger partial charge on any atom is -0.371 e. The van der Waals surface area contributed by atoms with Gasteiger partial charge in [-0.2, -0.15) is 13.2 Å². The lowest BCUT2D eigenvalue weighted by Crippen LogP contribution is -2.28. The Morgan fingerprint density at radius 2 is 2.00 bits per heavy atom. The highest BCUT2D eigenvalue weighted by Gasteiger charge is 2.41. The molecule has 0 aromatic heterocycles. The van der Waals surface area contributed by atoms with Crippen molar-refractivity contribution in [3.05, 3.63) is 34.9 Å². The first-order valence-corrected chi connectivity index (χ1v) is 5.96. The second-order valence-electron chi connectivity index (χ2n) is 5.05. The zero-order valence-electron chi connectivity index (χ0n) is 10.4. The maximum absolute atomic E-state index is 12.9. The van der Waals surface area contributed by atoms with E-state index < -0.39 is 11.7 Å². The number of hydrogen-bond acceptors (Lipinski definition) is 2. The predicted octanol–water partition coefficient (Wildman–Crippen LogP) is 3.06. The number of ether oxygens (including phenoxy) is 1. The molecule has 2 aliphatic rings. The van der Waals surface area contributed by atoms with Gasteiger partial charge in [0.05, 0.1) is 18.3 Å². The molecule has 19 heavy (non-hydrogen) atoms. The van der Waals surface area contributed by atoms with Gasteiger partial charge in [0.1, 0.15) is 0 Å². The van der Waals surface area contributed by atoms with Gasteiger partial charge < -0.3 is 9.64 Å². The van der Waals surface area contributed by atoms with Gasteiger partial charge in [-0.15, -0.1) is 12.4 Å². The Hall–Kier alpha value is -0.780. The van der Waals surface area contributed by atoms with Crippen LogP contribution in [0.2, 0.25) is 0 Å². The summed E-state index contributed by atoms with van der Waals surface area (Å²) in [6, 6.07) is 4.45. The highest BCUT2D eigenvalue weighted by atomic mass is 35.5. The number of rotatable bonds is 0. The van der Waals surface area contributed by atoms with Gasteiger partial charge in [0.15, 0.2) is 0 Å². The normalized spacial score (nSPS) is 26.5. The van der Waals surface area contributed by atoms with Crippen LogP contribution in [0.15, 0.2) is 18.2 Å². The first-order chi connectivity index (χ1) is 8.47. The molecule has 0 spiro atoms. The SMILES string of the molecule is CN1CC2OCc3c(cccc3C(F)(F)F)C2C1.Cl. The second-order valence-corrected chi connectivity index (χ2v) is 5.05. The lowest BCUT2D eigenvalue weighted by molar-refractivity contribution is -0.139. The Kier molecular flexibility index (Phi) is 3.82. The van der Waals surface area contributed by atoms with E-state index in [1.807, 2.05) is 13.1 Å². The molecule has 6 heteroatoms. The number of likely N-dealkylation sites (N-methyl/N-ethyl adjacent to an activating group) is 1. The molecule has 2 aliphatic heterocycles. The maximum Gasteiger partial charge on any atom is 0.416 e. The topological polar surface area (TPSA) is 12.5 Å². The van der Waals surface area contributed by atoms with Crippen LogP contribution < -0.4 is 0 Å². The number of nitrogens with zero attached hydrogens (tertiary/aromatic N) is 1. The van der Waals surface area contributed by atoms with Gasteiger partial charge in [-0.05, 0) is 24.2 Å². The lowest BCUT2D eigenvalue weighted by atomic mass is 9.87. The van der Waals surface area contributed by atoms with Crippen molar-refractivity contribution in [2.24, 2.45) is 0 Å². The van der Waals surface area contributed by atoms with Crippen molar-refractivity contribution >= 4 is 12.4 Å². The summed E-state index contributed by atoms with van der Waals surface area (Å²) in [7, 11) is 1.97. The van der Waals surface area contributed by atoms with E-state index in [0.29, 0.717) is 5.56 Å². The summed E-state index contributed by atoms with van der Waals surface area (Å²) in [5.74, 6) is 0.0704. The number of halogens is 4. The number of fused-ring (bicyclic) bond motifs is 3. The fourth-order valence-corrected chi connectivity index (χ4v) is 3.00. The summed E-state index contributed by atoms with van der Waals surface area (Å²) in [5.41, 5.74) is 0.583. The summed E-state index contributed by atoms with van der Waals surface area (Å²) in [5, 5.41) is 0. The molecule has 0 amide bonds.